The van der Waals surface area contributed by atoms with Crippen LogP contribution < -0.4 is 0 Å². The summed E-state index contributed by atoms with van der Waals surface area (Å²) >= 11 is 0. The SMILES string of the molecule is CCc1ccccc1.CO[PH](=O)O. The minimum absolute atomic E-state index is 1.14. The van der Waals surface area contributed by atoms with Gasteiger partial charge in [0.1, 0.15) is 0 Å². The highest BCUT2D eigenvalue weighted by molar-refractivity contribution is 7.32. The van der Waals surface area contributed by atoms with Crippen LogP contribution in [0.5, 0.6) is 0 Å². The Labute approximate surface area is 79.3 Å². The van der Waals surface area contributed by atoms with E-state index in [2.05, 4.69) is 35.7 Å². The summed E-state index contributed by atoms with van der Waals surface area (Å²) in [6.45, 7) is 2.16. The number of hydrogen-bond donors (Lipinski definition) is 1. The van der Waals surface area contributed by atoms with Gasteiger partial charge in [-0.1, -0.05) is 37.3 Å². The summed E-state index contributed by atoms with van der Waals surface area (Å²) in [4.78, 5) is 7.69. The van der Waals surface area contributed by atoms with E-state index in [1.54, 1.807) is 0 Å². The molecule has 1 N–H and O–H groups in total. The standard InChI is InChI=1S/C8H10.CH5O3P/c1-2-8-6-4-3-5-7-8;1-4-5(2)3/h3-7H,2H2,1H3;5H,1H3,(H,2,3). The fourth-order valence-corrected chi connectivity index (χ4v) is 0.714. The van der Waals surface area contributed by atoms with Gasteiger partial charge in [0.15, 0.2) is 0 Å². The lowest BCUT2D eigenvalue weighted by Gasteiger charge is -1.89. The van der Waals surface area contributed by atoms with Crippen molar-refractivity contribution in [2.24, 2.45) is 0 Å². The molecule has 3 nitrogen and oxygen atoms in total. The largest absolute Gasteiger partial charge is 0.326 e. The van der Waals surface area contributed by atoms with Crippen molar-refractivity contribution in [2.75, 3.05) is 7.11 Å². The molecule has 13 heavy (non-hydrogen) atoms. The van der Waals surface area contributed by atoms with Crippen molar-refractivity contribution in [1.29, 1.82) is 0 Å². The molecule has 1 aromatic rings. The Morgan fingerprint density at radius 1 is 1.38 bits per heavy atom. The van der Waals surface area contributed by atoms with Crippen molar-refractivity contribution in [1.82, 2.24) is 0 Å². The molecule has 0 amide bonds. The van der Waals surface area contributed by atoms with Gasteiger partial charge in [0.25, 0.3) is 0 Å². The van der Waals surface area contributed by atoms with Gasteiger partial charge in [0, 0.05) is 7.11 Å². The summed E-state index contributed by atoms with van der Waals surface area (Å²) in [6.07, 6.45) is 1.14. The molecule has 74 valence electrons. The van der Waals surface area contributed by atoms with Crippen molar-refractivity contribution < 1.29 is 14.0 Å². The molecule has 0 bridgehead atoms. The molecule has 0 heterocycles. The number of hydrogen-bond acceptors (Lipinski definition) is 2. The highest BCUT2D eigenvalue weighted by Gasteiger charge is 1.79. The summed E-state index contributed by atoms with van der Waals surface area (Å²) in [6, 6.07) is 10.5. The number of rotatable bonds is 2. The van der Waals surface area contributed by atoms with Gasteiger partial charge in [-0.25, -0.2) is 0 Å². The monoisotopic (exact) mass is 202 g/mol. The van der Waals surface area contributed by atoms with E-state index in [-0.39, 0.29) is 0 Å². The van der Waals surface area contributed by atoms with Crippen LogP contribution in [-0.4, -0.2) is 12.0 Å². The van der Waals surface area contributed by atoms with E-state index in [0.717, 1.165) is 6.42 Å². The van der Waals surface area contributed by atoms with E-state index < -0.39 is 8.25 Å². The van der Waals surface area contributed by atoms with Crippen molar-refractivity contribution in [3.63, 3.8) is 0 Å². The van der Waals surface area contributed by atoms with Gasteiger partial charge < -0.3 is 9.42 Å². The third-order valence-electron chi connectivity index (χ3n) is 1.43. The Morgan fingerprint density at radius 2 is 1.85 bits per heavy atom. The van der Waals surface area contributed by atoms with Gasteiger partial charge in [-0.05, 0) is 12.0 Å². The molecule has 0 saturated heterocycles. The van der Waals surface area contributed by atoms with E-state index in [1.807, 2.05) is 6.07 Å². The van der Waals surface area contributed by atoms with E-state index in [1.165, 1.54) is 12.7 Å². The highest BCUT2D eigenvalue weighted by atomic mass is 31.1. The summed E-state index contributed by atoms with van der Waals surface area (Å²) in [5.74, 6) is 0. The predicted molar refractivity (Wildman–Crippen MR) is 54.0 cm³/mol. The van der Waals surface area contributed by atoms with Gasteiger partial charge >= 0.3 is 8.25 Å². The maximum atomic E-state index is 9.33. The Bertz CT molecular complexity index is 236. The average Bonchev–Trinajstić information content (AvgIpc) is 2.20. The van der Waals surface area contributed by atoms with Gasteiger partial charge in [-0.2, -0.15) is 0 Å². The third kappa shape index (κ3) is 7.72. The minimum atomic E-state index is -2.62. The molecule has 0 aliphatic rings. The van der Waals surface area contributed by atoms with Crippen LogP contribution in [0.4, 0.5) is 0 Å². The Morgan fingerprint density at radius 3 is 2.08 bits per heavy atom. The van der Waals surface area contributed by atoms with Crippen LogP contribution in [0.25, 0.3) is 0 Å². The molecule has 0 aliphatic carbocycles. The topological polar surface area (TPSA) is 46.5 Å². The molecular weight excluding hydrogens is 187 g/mol. The van der Waals surface area contributed by atoms with Gasteiger partial charge in [0.2, 0.25) is 0 Å². The third-order valence-corrected chi connectivity index (χ3v) is 1.77. The lowest BCUT2D eigenvalue weighted by atomic mass is 10.2. The molecule has 0 spiro atoms. The molecular formula is C9H15O3P. The maximum absolute atomic E-state index is 9.33. The normalized spacial score (nSPS) is 11.3. The van der Waals surface area contributed by atoms with Crippen molar-refractivity contribution in [3.05, 3.63) is 35.9 Å². The molecule has 4 heteroatoms. The lowest BCUT2D eigenvalue weighted by molar-refractivity contribution is 0.343. The Kier molecular flexibility index (Phi) is 7.60. The van der Waals surface area contributed by atoms with Crippen molar-refractivity contribution in [2.45, 2.75) is 13.3 Å². The van der Waals surface area contributed by atoms with Crippen LogP contribution in [0.3, 0.4) is 0 Å². The van der Waals surface area contributed by atoms with Crippen LogP contribution in [0.2, 0.25) is 0 Å². The molecule has 0 fully saturated rings. The van der Waals surface area contributed by atoms with Crippen LogP contribution in [-0.2, 0) is 15.5 Å². The minimum Gasteiger partial charge on any atom is -0.326 e. The van der Waals surface area contributed by atoms with Gasteiger partial charge in [0.05, 0.1) is 0 Å². The van der Waals surface area contributed by atoms with Crippen LogP contribution in [0, 0.1) is 0 Å². The summed E-state index contributed by atoms with van der Waals surface area (Å²) < 4.78 is 13.2. The van der Waals surface area contributed by atoms with Crippen LogP contribution in [0.1, 0.15) is 12.5 Å². The number of benzene rings is 1. The van der Waals surface area contributed by atoms with E-state index in [4.69, 9.17) is 4.89 Å². The second kappa shape index (κ2) is 7.99. The zero-order chi connectivity index (χ0) is 10.1. The average molecular weight is 202 g/mol. The fraction of sp³-hybridized carbons (Fsp3) is 0.333. The van der Waals surface area contributed by atoms with E-state index >= 15 is 0 Å². The van der Waals surface area contributed by atoms with Crippen molar-refractivity contribution >= 4 is 8.25 Å². The number of aryl methyl sites for hydroxylation is 1. The molecule has 1 unspecified atom stereocenters. The van der Waals surface area contributed by atoms with Crippen LogP contribution in [0.15, 0.2) is 30.3 Å². The molecule has 1 rings (SSSR count). The van der Waals surface area contributed by atoms with Crippen LogP contribution >= 0.6 is 8.25 Å². The van der Waals surface area contributed by atoms with E-state index in [0.29, 0.717) is 0 Å². The quantitative estimate of drug-likeness (QED) is 0.748. The molecule has 0 aromatic heterocycles. The molecule has 0 saturated carbocycles. The molecule has 1 atom stereocenters. The first-order valence-corrected chi connectivity index (χ1v) is 5.28. The first-order chi connectivity index (χ1) is 6.20. The molecule has 0 radical (unpaired) electrons. The Balaban J connectivity index is 0.000000252. The van der Waals surface area contributed by atoms with Gasteiger partial charge in [-0.15, -0.1) is 0 Å². The smallest absolute Gasteiger partial charge is 0.316 e. The zero-order valence-electron chi connectivity index (χ0n) is 7.86. The predicted octanol–water partition coefficient (Wildman–Crippen LogP) is 2.26. The van der Waals surface area contributed by atoms with E-state index in [9.17, 15) is 4.57 Å². The maximum Gasteiger partial charge on any atom is 0.316 e. The molecule has 1 aromatic carbocycles. The second-order valence-electron chi connectivity index (χ2n) is 2.31. The first-order valence-electron chi connectivity index (χ1n) is 4.01. The fourth-order valence-electron chi connectivity index (χ4n) is 0.714. The van der Waals surface area contributed by atoms with Gasteiger partial charge in [-0.3, -0.25) is 4.57 Å². The zero-order valence-corrected chi connectivity index (χ0v) is 8.86. The second-order valence-corrected chi connectivity index (χ2v) is 3.25. The summed E-state index contributed by atoms with van der Waals surface area (Å²) in [5, 5.41) is 0. The van der Waals surface area contributed by atoms with Crippen molar-refractivity contribution in [3.8, 4) is 0 Å². The summed E-state index contributed by atoms with van der Waals surface area (Å²) in [7, 11) is -1.44. The first kappa shape index (κ1) is 12.4. The lowest BCUT2D eigenvalue weighted by Crippen LogP contribution is -1.73. The summed E-state index contributed by atoms with van der Waals surface area (Å²) in [5.41, 5.74) is 1.41. The Hall–Kier alpha value is -0.630. The molecule has 0 aliphatic heterocycles. The highest BCUT2D eigenvalue weighted by Crippen LogP contribution is 2.09.